The van der Waals surface area contributed by atoms with Crippen molar-refractivity contribution in [3.05, 3.63) is 71.7 Å². The summed E-state index contributed by atoms with van der Waals surface area (Å²) in [5, 5.41) is 19.5. The molecular formula is C17H12N6O. The Balaban J connectivity index is 1.75. The molecule has 3 aromatic rings. The van der Waals surface area contributed by atoms with Crippen LogP contribution < -0.4 is 10.6 Å². The van der Waals surface area contributed by atoms with Crippen LogP contribution in [0, 0.1) is 11.3 Å². The highest BCUT2D eigenvalue weighted by Gasteiger charge is 2.28. The Labute approximate surface area is 137 Å². The molecule has 1 aliphatic rings. The van der Waals surface area contributed by atoms with E-state index in [-0.39, 0.29) is 5.91 Å². The molecule has 2 aromatic heterocycles. The molecule has 0 radical (unpaired) electrons. The van der Waals surface area contributed by atoms with Crippen molar-refractivity contribution in [3.63, 3.8) is 0 Å². The molecule has 4 rings (SSSR count). The predicted molar refractivity (Wildman–Crippen MR) is 86.3 cm³/mol. The highest BCUT2D eigenvalue weighted by molar-refractivity contribution is 6.01. The lowest BCUT2D eigenvalue weighted by atomic mass is 10.1. The van der Waals surface area contributed by atoms with Gasteiger partial charge in [-0.3, -0.25) is 9.78 Å². The lowest BCUT2D eigenvalue weighted by molar-refractivity contribution is 0.0935. The number of anilines is 1. The Kier molecular flexibility index (Phi) is 3.21. The molecule has 7 nitrogen and oxygen atoms in total. The molecule has 116 valence electrons. The van der Waals surface area contributed by atoms with Crippen LogP contribution in [0.3, 0.4) is 0 Å². The van der Waals surface area contributed by atoms with Gasteiger partial charge < -0.3 is 10.6 Å². The first-order valence-electron chi connectivity index (χ1n) is 7.32. The van der Waals surface area contributed by atoms with Crippen LogP contribution in [0.4, 0.5) is 5.82 Å². The van der Waals surface area contributed by atoms with E-state index < -0.39 is 6.17 Å². The molecule has 0 saturated heterocycles. The zero-order chi connectivity index (χ0) is 16.5. The van der Waals surface area contributed by atoms with Gasteiger partial charge in [-0.05, 0) is 29.8 Å². The van der Waals surface area contributed by atoms with E-state index in [1.807, 2.05) is 18.2 Å². The molecule has 2 N–H and O–H groups in total. The number of hydrogen-bond acceptors (Lipinski definition) is 5. The summed E-state index contributed by atoms with van der Waals surface area (Å²) in [6.45, 7) is 0. The van der Waals surface area contributed by atoms with Crippen LogP contribution in [0.25, 0.3) is 5.69 Å². The van der Waals surface area contributed by atoms with E-state index in [0.717, 1.165) is 11.3 Å². The number of aromatic nitrogens is 3. The normalized spacial score (nSPS) is 15.8. The van der Waals surface area contributed by atoms with E-state index in [0.29, 0.717) is 16.9 Å². The molecule has 1 unspecified atom stereocenters. The summed E-state index contributed by atoms with van der Waals surface area (Å²) in [7, 11) is 0. The van der Waals surface area contributed by atoms with Crippen LogP contribution in [0.2, 0.25) is 0 Å². The summed E-state index contributed by atoms with van der Waals surface area (Å²) in [6.07, 6.45) is 4.43. The summed E-state index contributed by atoms with van der Waals surface area (Å²) in [4.78, 5) is 16.4. The van der Waals surface area contributed by atoms with E-state index in [2.05, 4.69) is 26.8 Å². The number of nitrogens with one attached hydrogen (secondary N) is 2. The fourth-order valence-electron chi connectivity index (χ4n) is 2.67. The van der Waals surface area contributed by atoms with Crippen molar-refractivity contribution in [2.24, 2.45) is 0 Å². The lowest BCUT2D eigenvalue weighted by Gasteiger charge is -2.27. The van der Waals surface area contributed by atoms with E-state index in [1.54, 1.807) is 35.3 Å². The van der Waals surface area contributed by atoms with Crippen LogP contribution in [0.1, 0.15) is 27.7 Å². The van der Waals surface area contributed by atoms with Crippen molar-refractivity contribution in [3.8, 4) is 11.8 Å². The van der Waals surface area contributed by atoms with Crippen LogP contribution in [0.5, 0.6) is 0 Å². The van der Waals surface area contributed by atoms with Gasteiger partial charge in [-0.2, -0.15) is 10.4 Å². The zero-order valence-electron chi connectivity index (χ0n) is 12.5. The minimum Gasteiger partial charge on any atom is -0.345 e. The molecule has 3 heterocycles. The average Bonchev–Trinajstić information content (AvgIpc) is 3.07. The summed E-state index contributed by atoms with van der Waals surface area (Å²) < 4.78 is 1.66. The minimum absolute atomic E-state index is 0.212. The number of hydrogen-bond donors (Lipinski definition) is 2. The number of rotatable bonds is 2. The summed E-state index contributed by atoms with van der Waals surface area (Å²) in [5.41, 5.74) is 2.62. The van der Waals surface area contributed by atoms with Gasteiger partial charge in [0, 0.05) is 12.4 Å². The Morgan fingerprint density at radius 3 is 2.79 bits per heavy atom. The first kappa shape index (κ1) is 14.0. The number of carbonyl (C=O) groups excluding carboxylic acids is 1. The quantitative estimate of drug-likeness (QED) is 0.754. The van der Waals surface area contributed by atoms with Gasteiger partial charge in [0.1, 0.15) is 17.5 Å². The molecule has 0 fully saturated rings. The SMILES string of the molecule is N#Cc1cccc(C2NC(=O)c3cnn(-c4ccncc4)c3N2)c1. The topological polar surface area (TPSA) is 95.6 Å². The standard InChI is InChI=1S/C17H12N6O/c18-9-11-2-1-3-12(8-11)15-21-16-14(17(24)22-15)10-20-23(16)13-4-6-19-7-5-13/h1-8,10,15,21H,(H,22,24). The molecule has 0 bridgehead atoms. The largest absolute Gasteiger partial charge is 0.345 e. The third-order valence-corrected chi connectivity index (χ3v) is 3.83. The number of nitrogens with zero attached hydrogens (tertiary/aromatic N) is 4. The summed E-state index contributed by atoms with van der Waals surface area (Å²) in [6, 6.07) is 12.8. The number of nitriles is 1. The second-order valence-corrected chi connectivity index (χ2v) is 5.31. The Hall–Kier alpha value is -3.66. The molecule has 1 aromatic carbocycles. The van der Waals surface area contributed by atoms with Gasteiger partial charge in [-0.1, -0.05) is 12.1 Å². The number of amides is 1. The van der Waals surface area contributed by atoms with Crippen LogP contribution in [0.15, 0.2) is 55.0 Å². The number of carbonyl (C=O) groups is 1. The molecule has 0 saturated carbocycles. The number of benzene rings is 1. The van der Waals surface area contributed by atoms with E-state index in [4.69, 9.17) is 5.26 Å². The van der Waals surface area contributed by atoms with E-state index in [9.17, 15) is 4.79 Å². The number of fused-ring (bicyclic) bond motifs is 1. The Bertz CT molecular complexity index is 957. The van der Waals surface area contributed by atoms with Crippen LogP contribution >= 0.6 is 0 Å². The second kappa shape index (κ2) is 5.52. The van der Waals surface area contributed by atoms with Gasteiger partial charge in [-0.25, -0.2) is 4.68 Å². The predicted octanol–water partition coefficient (Wildman–Crippen LogP) is 1.99. The van der Waals surface area contributed by atoms with Crippen molar-refractivity contribution < 1.29 is 4.79 Å². The third-order valence-electron chi connectivity index (χ3n) is 3.83. The van der Waals surface area contributed by atoms with E-state index in [1.165, 1.54) is 6.20 Å². The molecule has 0 spiro atoms. The van der Waals surface area contributed by atoms with Crippen molar-refractivity contribution in [2.45, 2.75) is 6.17 Å². The molecular weight excluding hydrogens is 304 g/mol. The lowest BCUT2D eigenvalue weighted by Crippen LogP contribution is -2.38. The van der Waals surface area contributed by atoms with Crippen LogP contribution in [-0.4, -0.2) is 20.7 Å². The highest BCUT2D eigenvalue weighted by atomic mass is 16.2. The minimum atomic E-state index is -0.435. The smallest absolute Gasteiger partial charge is 0.258 e. The highest BCUT2D eigenvalue weighted by Crippen LogP contribution is 2.28. The molecule has 1 aliphatic heterocycles. The monoisotopic (exact) mass is 316 g/mol. The van der Waals surface area contributed by atoms with Gasteiger partial charge in [0.2, 0.25) is 0 Å². The third kappa shape index (κ3) is 2.27. The van der Waals surface area contributed by atoms with Gasteiger partial charge in [-0.15, -0.1) is 0 Å². The molecule has 0 aliphatic carbocycles. The molecule has 24 heavy (non-hydrogen) atoms. The summed E-state index contributed by atoms with van der Waals surface area (Å²) >= 11 is 0. The molecule has 1 atom stereocenters. The fourth-order valence-corrected chi connectivity index (χ4v) is 2.67. The number of pyridine rings is 1. The van der Waals surface area contributed by atoms with Gasteiger partial charge in [0.15, 0.2) is 0 Å². The maximum atomic E-state index is 12.4. The van der Waals surface area contributed by atoms with Crippen LogP contribution in [-0.2, 0) is 0 Å². The molecule has 1 amide bonds. The van der Waals surface area contributed by atoms with Crippen molar-refractivity contribution in [1.82, 2.24) is 20.1 Å². The maximum absolute atomic E-state index is 12.4. The van der Waals surface area contributed by atoms with Gasteiger partial charge in [0.25, 0.3) is 5.91 Å². The second-order valence-electron chi connectivity index (χ2n) is 5.31. The van der Waals surface area contributed by atoms with Gasteiger partial charge in [0.05, 0.1) is 23.5 Å². The first-order valence-corrected chi connectivity index (χ1v) is 7.32. The Morgan fingerprint density at radius 2 is 2.00 bits per heavy atom. The van der Waals surface area contributed by atoms with Crippen molar-refractivity contribution in [2.75, 3.05) is 5.32 Å². The average molecular weight is 316 g/mol. The van der Waals surface area contributed by atoms with E-state index >= 15 is 0 Å². The Morgan fingerprint density at radius 1 is 1.17 bits per heavy atom. The first-order chi connectivity index (χ1) is 11.8. The maximum Gasteiger partial charge on any atom is 0.258 e. The summed E-state index contributed by atoms with van der Waals surface area (Å²) in [5.74, 6) is 0.397. The zero-order valence-corrected chi connectivity index (χ0v) is 12.5. The fraction of sp³-hybridized carbons (Fsp3) is 0.0588. The molecule has 7 heteroatoms. The van der Waals surface area contributed by atoms with Crippen molar-refractivity contribution in [1.29, 1.82) is 5.26 Å². The van der Waals surface area contributed by atoms with Gasteiger partial charge >= 0.3 is 0 Å². The van der Waals surface area contributed by atoms with Crippen molar-refractivity contribution >= 4 is 11.7 Å².